The van der Waals surface area contributed by atoms with Crippen LogP contribution in [-0.2, 0) is 0 Å². The van der Waals surface area contributed by atoms with Crippen molar-refractivity contribution in [1.29, 1.82) is 0 Å². The number of aromatic nitrogens is 1. The van der Waals surface area contributed by atoms with E-state index in [-0.39, 0.29) is 29.0 Å². The van der Waals surface area contributed by atoms with Crippen molar-refractivity contribution in [3.05, 3.63) is 22.8 Å². The van der Waals surface area contributed by atoms with Gasteiger partial charge in [-0.3, -0.25) is 0 Å². The van der Waals surface area contributed by atoms with Gasteiger partial charge in [-0.05, 0) is 12.1 Å². The Labute approximate surface area is 85.9 Å². The molecule has 0 saturated carbocycles. The Bertz CT molecular complexity index is 317. The first kappa shape index (κ1) is 12.0. The Kier molecular flexibility index (Phi) is 4.51. The highest BCUT2D eigenvalue weighted by atomic mass is 35.5. The van der Waals surface area contributed by atoms with Crippen molar-refractivity contribution in [1.82, 2.24) is 4.98 Å². The maximum atomic E-state index is 10.5. The van der Waals surface area contributed by atoms with Crippen molar-refractivity contribution in [3.8, 4) is 5.88 Å². The zero-order valence-electron chi connectivity index (χ0n) is 6.65. The van der Waals surface area contributed by atoms with E-state index in [9.17, 15) is 4.79 Å². The van der Waals surface area contributed by atoms with E-state index >= 15 is 0 Å². The first-order valence-electron chi connectivity index (χ1n) is 3.09. The third-order valence-corrected chi connectivity index (χ3v) is 1.46. The SMILES string of the molecule is COc1nc(Cl)ccc1C(=O)O.Cl. The second-order valence-electron chi connectivity index (χ2n) is 2.00. The van der Waals surface area contributed by atoms with Gasteiger partial charge in [-0.25, -0.2) is 9.78 Å². The topological polar surface area (TPSA) is 59.4 Å². The number of pyridine rings is 1. The molecule has 0 atom stereocenters. The molecule has 1 rings (SSSR count). The number of carbonyl (C=O) groups is 1. The number of nitrogens with zero attached hydrogens (tertiary/aromatic N) is 1. The van der Waals surface area contributed by atoms with Crippen molar-refractivity contribution in [2.24, 2.45) is 0 Å². The van der Waals surface area contributed by atoms with Gasteiger partial charge in [0.1, 0.15) is 10.7 Å². The maximum absolute atomic E-state index is 10.5. The molecule has 4 nitrogen and oxygen atoms in total. The highest BCUT2D eigenvalue weighted by Crippen LogP contribution is 2.17. The van der Waals surface area contributed by atoms with Crippen LogP contribution in [0.5, 0.6) is 5.88 Å². The second kappa shape index (κ2) is 4.89. The molecule has 0 aliphatic heterocycles. The Morgan fingerprint density at radius 2 is 2.23 bits per heavy atom. The minimum atomic E-state index is -1.09. The smallest absolute Gasteiger partial charge is 0.341 e. The van der Waals surface area contributed by atoms with Crippen molar-refractivity contribution < 1.29 is 14.6 Å². The number of aromatic carboxylic acids is 1. The molecule has 0 radical (unpaired) electrons. The predicted molar refractivity (Wildman–Crippen MR) is 50.0 cm³/mol. The number of hydrogen-bond acceptors (Lipinski definition) is 3. The van der Waals surface area contributed by atoms with Gasteiger partial charge >= 0.3 is 5.97 Å². The summed E-state index contributed by atoms with van der Waals surface area (Å²) in [7, 11) is 1.34. The summed E-state index contributed by atoms with van der Waals surface area (Å²) in [4.78, 5) is 14.2. The Morgan fingerprint density at radius 3 is 2.69 bits per heavy atom. The lowest BCUT2D eigenvalue weighted by Gasteiger charge is -2.02. The highest BCUT2D eigenvalue weighted by Gasteiger charge is 2.11. The predicted octanol–water partition coefficient (Wildman–Crippen LogP) is 1.86. The monoisotopic (exact) mass is 223 g/mol. The average Bonchev–Trinajstić information content (AvgIpc) is 2.03. The number of hydrogen-bond donors (Lipinski definition) is 1. The fourth-order valence-electron chi connectivity index (χ4n) is 0.736. The van der Waals surface area contributed by atoms with Gasteiger partial charge in [0.25, 0.3) is 0 Å². The van der Waals surface area contributed by atoms with Crippen LogP contribution in [0.25, 0.3) is 0 Å². The largest absolute Gasteiger partial charge is 0.480 e. The fourth-order valence-corrected chi connectivity index (χ4v) is 0.876. The van der Waals surface area contributed by atoms with Crippen LogP contribution in [0.4, 0.5) is 0 Å². The second-order valence-corrected chi connectivity index (χ2v) is 2.38. The van der Waals surface area contributed by atoms with E-state index in [4.69, 9.17) is 21.4 Å². The standard InChI is InChI=1S/C7H6ClNO3.ClH/c1-12-6-4(7(10)11)2-3-5(8)9-6;/h2-3H,1H3,(H,10,11);1H. The first-order valence-corrected chi connectivity index (χ1v) is 3.46. The third-order valence-electron chi connectivity index (χ3n) is 1.25. The van der Waals surface area contributed by atoms with Crippen molar-refractivity contribution >= 4 is 30.0 Å². The van der Waals surface area contributed by atoms with Crippen molar-refractivity contribution in [2.75, 3.05) is 7.11 Å². The molecular weight excluding hydrogens is 217 g/mol. The number of carboxylic acid groups (broad SMARTS) is 1. The van der Waals surface area contributed by atoms with Gasteiger partial charge < -0.3 is 9.84 Å². The molecule has 0 amide bonds. The molecule has 1 aromatic rings. The fraction of sp³-hybridized carbons (Fsp3) is 0.143. The number of methoxy groups -OCH3 is 1. The molecule has 1 aromatic heterocycles. The van der Waals surface area contributed by atoms with Crippen molar-refractivity contribution in [3.63, 3.8) is 0 Å². The number of halogens is 2. The molecular formula is C7H7Cl2NO3. The van der Waals surface area contributed by atoms with E-state index < -0.39 is 5.97 Å². The summed E-state index contributed by atoms with van der Waals surface area (Å²) in [6, 6.07) is 2.74. The molecule has 0 spiro atoms. The van der Waals surface area contributed by atoms with Crippen LogP contribution in [0.15, 0.2) is 12.1 Å². The van der Waals surface area contributed by atoms with Gasteiger partial charge in [0.2, 0.25) is 5.88 Å². The van der Waals surface area contributed by atoms with Gasteiger partial charge in [-0.2, -0.15) is 0 Å². The average molecular weight is 224 g/mol. The van der Waals surface area contributed by atoms with Crippen molar-refractivity contribution in [2.45, 2.75) is 0 Å². The van der Waals surface area contributed by atoms with Gasteiger partial charge in [0, 0.05) is 0 Å². The lowest BCUT2D eigenvalue weighted by molar-refractivity contribution is 0.0692. The van der Waals surface area contributed by atoms with Crippen LogP contribution in [0.1, 0.15) is 10.4 Å². The molecule has 0 aliphatic rings. The van der Waals surface area contributed by atoms with Crippen LogP contribution in [0.3, 0.4) is 0 Å². The van der Waals surface area contributed by atoms with Gasteiger partial charge in [0.15, 0.2) is 0 Å². The maximum Gasteiger partial charge on any atom is 0.341 e. The van der Waals surface area contributed by atoms with E-state index in [0.29, 0.717) is 0 Å². The van der Waals surface area contributed by atoms with E-state index in [2.05, 4.69) is 4.98 Å². The summed E-state index contributed by atoms with van der Waals surface area (Å²) in [6.45, 7) is 0. The summed E-state index contributed by atoms with van der Waals surface area (Å²) >= 11 is 5.52. The molecule has 0 unspecified atom stereocenters. The van der Waals surface area contributed by atoms with Crippen LogP contribution >= 0.6 is 24.0 Å². The normalized spacial score (nSPS) is 8.77. The number of ether oxygens (including phenoxy) is 1. The van der Waals surface area contributed by atoms with Crippen LogP contribution < -0.4 is 4.74 Å². The molecule has 0 fully saturated rings. The molecule has 13 heavy (non-hydrogen) atoms. The molecule has 1 N–H and O–H groups in total. The zero-order chi connectivity index (χ0) is 9.14. The van der Waals surface area contributed by atoms with Crippen LogP contribution in [0.2, 0.25) is 5.15 Å². The van der Waals surface area contributed by atoms with E-state index in [1.54, 1.807) is 0 Å². The summed E-state index contributed by atoms with van der Waals surface area (Å²) < 4.78 is 4.71. The van der Waals surface area contributed by atoms with Gasteiger partial charge in [-0.1, -0.05) is 11.6 Å². The minimum absolute atomic E-state index is 0. The molecule has 72 valence electrons. The quantitative estimate of drug-likeness (QED) is 0.779. The number of rotatable bonds is 2. The summed E-state index contributed by atoms with van der Waals surface area (Å²) in [5, 5.41) is 8.83. The molecule has 0 aromatic carbocycles. The van der Waals surface area contributed by atoms with E-state index in [1.165, 1.54) is 19.2 Å². The van der Waals surface area contributed by atoms with E-state index in [0.717, 1.165) is 0 Å². The van der Waals surface area contributed by atoms with Gasteiger partial charge in [0.05, 0.1) is 7.11 Å². The summed E-state index contributed by atoms with van der Waals surface area (Å²) in [6.07, 6.45) is 0. The molecule has 0 bridgehead atoms. The minimum Gasteiger partial charge on any atom is -0.480 e. The molecule has 1 heterocycles. The zero-order valence-corrected chi connectivity index (χ0v) is 8.22. The summed E-state index contributed by atoms with van der Waals surface area (Å²) in [5.74, 6) is -1.06. The lowest BCUT2D eigenvalue weighted by Crippen LogP contribution is -2.01. The van der Waals surface area contributed by atoms with Gasteiger partial charge in [-0.15, -0.1) is 12.4 Å². The van der Waals surface area contributed by atoms with E-state index in [1.807, 2.05) is 0 Å². The van der Waals surface area contributed by atoms with Crippen LogP contribution in [-0.4, -0.2) is 23.2 Å². The molecule has 0 aliphatic carbocycles. The Hall–Kier alpha value is -1.00. The van der Waals surface area contributed by atoms with Crippen LogP contribution in [0, 0.1) is 0 Å². The summed E-state index contributed by atoms with van der Waals surface area (Å²) in [5.41, 5.74) is 0.00176. The number of carboxylic acids is 1. The third kappa shape index (κ3) is 2.75. The Morgan fingerprint density at radius 1 is 1.62 bits per heavy atom. The Balaban J connectivity index is 0.00000144. The highest BCUT2D eigenvalue weighted by molar-refractivity contribution is 6.29. The first-order chi connectivity index (χ1) is 5.65. The molecule has 0 saturated heterocycles. The lowest BCUT2D eigenvalue weighted by atomic mass is 10.3. The molecule has 6 heteroatoms.